The van der Waals surface area contributed by atoms with Crippen LogP contribution in [0.1, 0.15) is 13.3 Å². The fourth-order valence-electron chi connectivity index (χ4n) is 2.91. The van der Waals surface area contributed by atoms with Crippen molar-refractivity contribution in [3.05, 3.63) is 101 Å². The van der Waals surface area contributed by atoms with Crippen molar-refractivity contribution in [2.75, 3.05) is 6.54 Å². The number of nitrogens with zero attached hydrogens (tertiary/aromatic N) is 1. The van der Waals surface area contributed by atoms with Gasteiger partial charge in [-0.3, -0.25) is 4.99 Å². The molecule has 27 heavy (non-hydrogen) atoms. The number of halogens is 1. The summed E-state index contributed by atoms with van der Waals surface area (Å²) in [4.78, 5) is 4.84. The molecule has 0 radical (unpaired) electrons. The highest BCUT2D eigenvalue weighted by Gasteiger charge is 2.06. The highest BCUT2D eigenvalue weighted by molar-refractivity contribution is 6.31. The molecule has 0 aliphatic carbocycles. The summed E-state index contributed by atoms with van der Waals surface area (Å²) >= 11 is 6.20. The Labute approximate surface area is 164 Å². The Morgan fingerprint density at radius 2 is 1.96 bits per heavy atom. The van der Waals surface area contributed by atoms with Crippen LogP contribution in [-0.4, -0.2) is 6.54 Å². The highest BCUT2D eigenvalue weighted by atomic mass is 35.5. The molecule has 0 amide bonds. The molecule has 0 atom stereocenters. The van der Waals surface area contributed by atoms with Crippen LogP contribution in [0.3, 0.4) is 0 Å². The van der Waals surface area contributed by atoms with Gasteiger partial charge in [-0.2, -0.15) is 0 Å². The standard InChI is InChI=1S/C24H22ClNO/c1-3-8-18(9-4-2)14-15-26-22-17-24(19-10-6-5-7-11-19)27-23-13-12-20(25)16-21(22)23/h3-13,16-17H,1,14-15H2,2H3/b9-4-,18-8+,26-22?. The summed E-state index contributed by atoms with van der Waals surface area (Å²) in [6.45, 7) is 6.46. The second-order valence-corrected chi connectivity index (χ2v) is 6.55. The van der Waals surface area contributed by atoms with Gasteiger partial charge in [-0.25, -0.2) is 0 Å². The molecule has 0 aliphatic rings. The summed E-state index contributed by atoms with van der Waals surface area (Å²) in [6, 6.07) is 17.7. The first-order chi connectivity index (χ1) is 13.2. The molecule has 0 N–H and O–H groups in total. The van der Waals surface area contributed by atoms with Gasteiger partial charge in [0.15, 0.2) is 0 Å². The Hall–Kier alpha value is -2.84. The van der Waals surface area contributed by atoms with Crippen molar-refractivity contribution in [3.8, 4) is 11.3 Å². The van der Waals surface area contributed by atoms with Gasteiger partial charge in [0.05, 0.1) is 5.36 Å². The molecule has 3 heteroatoms. The number of allylic oxidation sites excluding steroid dienone is 4. The van der Waals surface area contributed by atoms with Crippen LogP contribution >= 0.6 is 11.6 Å². The molecule has 1 heterocycles. The summed E-state index contributed by atoms with van der Waals surface area (Å²) < 4.78 is 6.09. The van der Waals surface area contributed by atoms with Crippen LogP contribution in [0, 0.1) is 0 Å². The van der Waals surface area contributed by atoms with Gasteiger partial charge in [0.25, 0.3) is 0 Å². The summed E-state index contributed by atoms with van der Waals surface area (Å²) in [5.74, 6) is 0.791. The summed E-state index contributed by atoms with van der Waals surface area (Å²) in [6.07, 6.45) is 8.77. The molecule has 0 aliphatic heterocycles. The van der Waals surface area contributed by atoms with Gasteiger partial charge in [-0.1, -0.05) is 72.8 Å². The van der Waals surface area contributed by atoms with E-state index in [0.29, 0.717) is 11.6 Å². The van der Waals surface area contributed by atoms with Crippen LogP contribution in [-0.2, 0) is 0 Å². The van der Waals surface area contributed by atoms with Crippen LogP contribution in [0.15, 0.2) is 100 Å². The van der Waals surface area contributed by atoms with E-state index >= 15 is 0 Å². The van der Waals surface area contributed by atoms with Gasteiger partial charge in [-0.05, 0) is 37.1 Å². The number of hydrogen-bond acceptors (Lipinski definition) is 2. The van der Waals surface area contributed by atoms with Crippen molar-refractivity contribution < 1.29 is 4.42 Å². The lowest BCUT2D eigenvalue weighted by atomic mass is 10.1. The Bertz CT molecular complexity index is 1060. The summed E-state index contributed by atoms with van der Waals surface area (Å²) in [5.41, 5.74) is 2.99. The molecule has 0 saturated carbocycles. The predicted molar refractivity (Wildman–Crippen MR) is 115 cm³/mol. The third kappa shape index (κ3) is 4.87. The van der Waals surface area contributed by atoms with Gasteiger partial charge in [0.1, 0.15) is 11.3 Å². The fraction of sp³-hybridized carbons (Fsp3) is 0.125. The molecule has 1 aromatic heterocycles. The second-order valence-electron chi connectivity index (χ2n) is 6.11. The maximum atomic E-state index is 6.20. The zero-order valence-corrected chi connectivity index (χ0v) is 16.1. The lowest BCUT2D eigenvalue weighted by molar-refractivity contribution is 0.618. The molecule has 3 aromatic rings. The lowest BCUT2D eigenvalue weighted by Crippen LogP contribution is -2.05. The van der Waals surface area contributed by atoms with Crippen LogP contribution in [0.4, 0.5) is 0 Å². The number of fused-ring (bicyclic) bond motifs is 1. The normalized spacial score (nSPS) is 12.8. The summed E-state index contributed by atoms with van der Waals surface area (Å²) in [7, 11) is 0. The summed E-state index contributed by atoms with van der Waals surface area (Å²) in [5, 5.41) is 2.47. The van der Waals surface area contributed by atoms with E-state index in [1.54, 1.807) is 6.08 Å². The van der Waals surface area contributed by atoms with Crippen molar-refractivity contribution in [2.24, 2.45) is 4.99 Å². The first-order valence-electron chi connectivity index (χ1n) is 8.95. The molecular weight excluding hydrogens is 354 g/mol. The van der Waals surface area contributed by atoms with Gasteiger partial charge >= 0.3 is 0 Å². The van der Waals surface area contributed by atoms with Gasteiger partial charge in [0.2, 0.25) is 0 Å². The Morgan fingerprint density at radius 3 is 2.70 bits per heavy atom. The number of benzene rings is 2. The third-order valence-electron chi connectivity index (χ3n) is 4.16. The molecule has 0 unspecified atom stereocenters. The van der Waals surface area contributed by atoms with E-state index in [1.807, 2.05) is 73.7 Å². The van der Waals surface area contributed by atoms with E-state index < -0.39 is 0 Å². The minimum absolute atomic E-state index is 0.669. The molecular formula is C24H22ClNO. The van der Waals surface area contributed by atoms with E-state index in [1.165, 1.54) is 5.57 Å². The van der Waals surface area contributed by atoms with Crippen LogP contribution in [0.25, 0.3) is 22.3 Å². The minimum atomic E-state index is 0.669. The van der Waals surface area contributed by atoms with Crippen LogP contribution < -0.4 is 5.36 Å². The number of rotatable bonds is 6. The quantitative estimate of drug-likeness (QED) is 0.438. The van der Waals surface area contributed by atoms with Crippen molar-refractivity contribution in [1.82, 2.24) is 0 Å². The SMILES string of the molecule is C=C/C=C(\C=C/C)CCN=c1cc(-c2ccccc2)oc2ccc(Cl)cc12. The third-order valence-corrected chi connectivity index (χ3v) is 4.39. The molecule has 0 saturated heterocycles. The molecule has 136 valence electrons. The molecule has 0 fully saturated rings. The Morgan fingerprint density at radius 1 is 1.15 bits per heavy atom. The molecule has 2 aromatic carbocycles. The lowest BCUT2D eigenvalue weighted by Gasteiger charge is -2.06. The zero-order chi connectivity index (χ0) is 19.1. The van der Waals surface area contributed by atoms with E-state index in [-0.39, 0.29) is 0 Å². The van der Waals surface area contributed by atoms with Crippen molar-refractivity contribution >= 4 is 22.6 Å². The van der Waals surface area contributed by atoms with Crippen molar-refractivity contribution in [3.63, 3.8) is 0 Å². The molecule has 0 bridgehead atoms. The highest BCUT2D eigenvalue weighted by Crippen LogP contribution is 2.23. The Balaban J connectivity index is 2.05. The fourth-order valence-corrected chi connectivity index (χ4v) is 3.08. The second kappa shape index (κ2) is 9.20. The maximum absolute atomic E-state index is 6.20. The first kappa shape index (κ1) is 18.9. The Kier molecular flexibility index (Phi) is 6.45. The first-order valence-corrected chi connectivity index (χ1v) is 9.32. The minimum Gasteiger partial charge on any atom is -0.456 e. The average Bonchev–Trinajstić information content (AvgIpc) is 2.69. The topological polar surface area (TPSA) is 25.5 Å². The average molecular weight is 376 g/mol. The van der Waals surface area contributed by atoms with E-state index in [0.717, 1.165) is 34.1 Å². The number of hydrogen-bond donors (Lipinski definition) is 0. The van der Waals surface area contributed by atoms with Crippen LogP contribution in [0.2, 0.25) is 5.02 Å². The smallest absolute Gasteiger partial charge is 0.136 e. The van der Waals surface area contributed by atoms with Crippen molar-refractivity contribution in [2.45, 2.75) is 13.3 Å². The van der Waals surface area contributed by atoms with E-state index in [9.17, 15) is 0 Å². The molecule has 3 rings (SSSR count). The molecule has 0 spiro atoms. The van der Waals surface area contributed by atoms with Gasteiger partial charge < -0.3 is 4.42 Å². The monoisotopic (exact) mass is 375 g/mol. The van der Waals surface area contributed by atoms with Gasteiger partial charge in [-0.15, -0.1) is 0 Å². The van der Waals surface area contributed by atoms with Gasteiger partial charge in [0, 0.05) is 28.6 Å². The largest absolute Gasteiger partial charge is 0.456 e. The van der Waals surface area contributed by atoms with E-state index in [2.05, 4.69) is 12.7 Å². The maximum Gasteiger partial charge on any atom is 0.136 e. The van der Waals surface area contributed by atoms with Crippen molar-refractivity contribution in [1.29, 1.82) is 0 Å². The van der Waals surface area contributed by atoms with E-state index in [4.69, 9.17) is 21.0 Å². The van der Waals surface area contributed by atoms with Crippen LogP contribution in [0.5, 0.6) is 0 Å². The zero-order valence-electron chi connectivity index (χ0n) is 15.4. The predicted octanol–water partition coefficient (Wildman–Crippen LogP) is 6.73. The molecule has 2 nitrogen and oxygen atoms in total.